The van der Waals surface area contributed by atoms with Crippen molar-refractivity contribution in [1.29, 1.82) is 0 Å². The molecule has 0 saturated carbocycles. The maximum atomic E-state index is 11.7. The molecule has 0 aliphatic carbocycles. The summed E-state index contributed by atoms with van der Waals surface area (Å²) in [5.41, 5.74) is 1.45. The minimum Gasteiger partial charge on any atom is -0.293 e. The number of hydrogen-bond acceptors (Lipinski definition) is 3. The van der Waals surface area contributed by atoms with Crippen LogP contribution in [0.4, 0.5) is 0 Å². The molecule has 117 valence electrons. The van der Waals surface area contributed by atoms with Crippen LogP contribution >= 0.6 is 0 Å². The van der Waals surface area contributed by atoms with Crippen LogP contribution in [0.3, 0.4) is 0 Å². The number of unbranched alkanes of at least 4 members (excludes halogenated alkanes) is 7. The second kappa shape index (κ2) is 11.3. The fourth-order valence-corrected chi connectivity index (χ4v) is 2.16. The minimum atomic E-state index is -0.415. The Morgan fingerprint density at radius 3 is 2.29 bits per heavy atom. The van der Waals surface area contributed by atoms with Gasteiger partial charge in [0, 0.05) is 0 Å². The summed E-state index contributed by atoms with van der Waals surface area (Å²) in [5, 5.41) is 0. The number of benzene rings is 1. The molecular weight excluding hydrogens is 264 g/mol. The number of carbonyl (C=O) groups excluding carboxylic acids is 1. The summed E-state index contributed by atoms with van der Waals surface area (Å²) in [7, 11) is 0. The Labute approximate surface area is 128 Å². The van der Waals surface area contributed by atoms with E-state index in [-0.39, 0.29) is 0 Å². The van der Waals surface area contributed by atoms with Gasteiger partial charge in [-0.2, -0.15) is 4.89 Å². The summed E-state index contributed by atoms with van der Waals surface area (Å²) in [5.74, 6) is -0.415. The Morgan fingerprint density at radius 1 is 1.00 bits per heavy atom. The lowest BCUT2D eigenvalue weighted by molar-refractivity contribution is -0.241. The lowest BCUT2D eigenvalue weighted by Gasteiger charge is -2.05. The smallest absolute Gasteiger partial charge is 0.293 e. The first-order chi connectivity index (χ1) is 10.3. The van der Waals surface area contributed by atoms with Crippen LogP contribution < -0.4 is 0 Å². The molecule has 0 heterocycles. The summed E-state index contributed by atoms with van der Waals surface area (Å²) in [6.45, 7) is 6.19. The number of hydrogen-bond donors (Lipinski definition) is 0. The summed E-state index contributed by atoms with van der Waals surface area (Å²) < 4.78 is 0. The van der Waals surface area contributed by atoms with E-state index in [9.17, 15) is 4.79 Å². The van der Waals surface area contributed by atoms with Crippen LogP contribution in [0.5, 0.6) is 0 Å². The van der Waals surface area contributed by atoms with E-state index in [0.717, 1.165) is 24.8 Å². The highest BCUT2D eigenvalue weighted by atomic mass is 17.2. The van der Waals surface area contributed by atoms with Crippen molar-refractivity contribution >= 4 is 5.97 Å². The second-order valence-electron chi connectivity index (χ2n) is 5.34. The highest BCUT2D eigenvalue weighted by Crippen LogP contribution is 2.10. The molecule has 0 unspecified atom stereocenters. The molecule has 3 nitrogen and oxygen atoms in total. The van der Waals surface area contributed by atoms with Gasteiger partial charge in [0.05, 0.1) is 12.2 Å². The molecule has 0 bridgehead atoms. The van der Waals surface area contributed by atoms with E-state index in [1.165, 1.54) is 32.1 Å². The van der Waals surface area contributed by atoms with Crippen molar-refractivity contribution in [2.24, 2.45) is 0 Å². The van der Waals surface area contributed by atoms with Crippen LogP contribution in [0.25, 0.3) is 0 Å². The Morgan fingerprint density at radius 2 is 1.62 bits per heavy atom. The van der Waals surface area contributed by atoms with Gasteiger partial charge < -0.3 is 0 Å². The monoisotopic (exact) mass is 291 g/mol. The van der Waals surface area contributed by atoms with E-state index in [1.54, 1.807) is 6.07 Å². The zero-order valence-corrected chi connectivity index (χ0v) is 13.1. The lowest BCUT2D eigenvalue weighted by Crippen LogP contribution is -2.08. The zero-order chi connectivity index (χ0) is 15.3. The first-order valence-corrected chi connectivity index (χ1v) is 7.94. The molecular formula is C18H27O3. The molecule has 0 amide bonds. The van der Waals surface area contributed by atoms with Gasteiger partial charge in [-0.1, -0.05) is 70.1 Å². The van der Waals surface area contributed by atoms with Gasteiger partial charge in [-0.05, 0) is 25.0 Å². The Kier molecular flexibility index (Phi) is 9.55. The van der Waals surface area contributed by atoms with Crippen molar-refractivity contribution in [2.75, 3.05) is 6.61 Å². The van der Waals surface area contributed by atoms with Gasteiger partial charge in [0.25, 0.3) is 0 Å². The third kappa shape index (κ3) is 7.86. The standard InChI is InChI=1S/C18H27O3/c1-3-4-5-6-7-8-9-12-15-20-21-18(19)17-14-11-10-13-16(17)2/h10-11,13-14H,1,3-9,12,15H2,2H3. The number of aryl methyl sites for hydroxylation is 1. The fraction of sp³-hybridized carbons (Fsp3) is 0.556. The largest absolute Gasteiger partial charge is 0.373 e. The van der Waals surface area contributed by atoms with Crippen LogP contribution in [0.1, 0.15) is 67.3 Å². The van der Waals surface area contributed by atoms with E-state index in [0.29, 0.717) is 12.2 Å². The van der Waals surface area contributed by atoms with E-state index < -0.39 is 5.97 Å². The predicted molar refractivity (Wildman–Crippen MR) is 84.8 cm³/mol. The molecule has 0 aliphatic heterocycles. The fourth-order valence-electron chi connectivity index (χ4n) is 2.16. The summed E-state index contributed by atoms with van der Waals surface area (Å²) in [6.07, 6.45) is 9.38. The van der Waals surface area contributed by atoms with E-state index in [2.05, 4.69) is 6.92 Å². The Bertz CT molecular complexity index is 401. The van der Waals surface area contributed by atoms with Gasteiger partial charge in [0.15, 0.2) is 0 Å². The average molecular weight is 291 g/mol. The van der Waals surface area contributed by atoms with E-state index >= 15 is 0 Å². The van der Waals surface area contributed by atoms with Crippen molar-refractivity contribution in [3.63, 3.8) is 0 Å². The maximum Gasteiger partial charge on any atom is 0.373 e. The van der Waals surface area contributed by atoms with E-state index in [4.69, 9.17) is 9.78 Å². The predicted octanol–water partition coefficient (Wildman–Crippen LogP) is 5.04. The van der Waals surface area contributed by atoms with Crippen molar-refractivity contribution in [1.82, 2.24) is 0 Å². The SMILES string of the molecule is [CH2]CCCCCCCCCOOC(=O)c1ccccc1C. The molecule has 1 aromatic carbocycles. The summed E-state index contributed by atoms with van der Waals surface area (Å²) in [6, 6.07) is 7.33. The molecule has 21 heavy (non-hydrogen) atoms. The summed E-state index contributed by atoms with van der Waals surface area (Å²) >= 11 is 0. The Hall–Kier alpha value is -1.35. The quantitative estimate of drug-likeness (QED) is 0.325. The number of rotatable bonds is 11. The Balaban J connectivity index is 1.99. The molecule has 1 radical (unpaired) electrons. The van der Waals surface area contributed by atoms with Crippen LogP contribution in [0.2, 0.25) is 0 Å². The van der Waals surface area contributed by atoms with Gasteiger partial charge in [0.1, 0.15) is 0 Å². The molecule has 1 rings (SSSR count). The molecule has 0 spiro atoms. The highest BCUT2D eigenvalue weighted by molar-refractivity contribution is 5.90. The second-order valence-corrected chi connectivity index (χ2v) is 5.34. The van der Waals surface area contributed by atoms with Crippen LogP contribution in [-0.2, 0) is 9.78 Å². The highest BCUT2D eigenvalue weighted by Gasteiger charge is 2.10. The van der Waals surface area contributed by atoms with Crippen molar-refractivity contribution < 1.29 is 14.6 Å². The van der Waals surface area contributed by atoms with Crippen molar-refractivity contribution in [2.45, 2.75) is 58.3 Å². The van der Waals surface area contributed by atoms with Gasteiger partial charge in [-0.15, -0.1) is 0 Å². The molecule has 0 atom stereocenters. The molecule has 3 heteroatoms. The molecule has 0 aliphatic rings. The molecule has 0 aromatic heterocycles. The van der Waals surface area contributed by atoms with E-state index in [1.807, 2.05) is 25.1 Å². The van der Waals surface area contributed by atoms with Crippen molar-refractivity contribution in [3.8, 4) is 0 Å². The van der Waals surface area contributed by atoms with Crippen LogP contribution in [-0.4, -0.2) is 12.6 Å². The normalized spacial score (nSPS) is 10.6. The molecule has 1 aromatic rings. The van der Waals surface area contributed by atoms with Crippen LogP contribution in [0.15, 0.2) is 24.3 Å². The minimum absolute atomic E-state index is 0.415. The average Bonchev–Trinajstić information content (AvgIpc) is 2.49. The summed E-state index contributed by atoms with van der Waals surface area (Å²) in [4.78, 5) is 21.6. The third-order valence-electron chi connectivity index (χ3n) is 3.48. The first kappa shape index (κ1) is 17.7. The number of carbonyl (C=O) groups is 1. The van der Waals surface area contributed by atoms with Gasteiger partial charge >= 0.3 is 5.97 Å². The molecule has 0 fully saturated rings. The maximum absolute atomic E-state index is 11.7. The molecule has 0 saturated heterocycles. The van der Waals surface area contributed by atoms with Crippen molar-refractivity contribution in [3.05, 3.63) is 42.3 Å². The van der Waals surface area contributed by atoms with Gasteiger partial charge in [-0.3, -0.25) is 4.89 Å². The van der Waals surface area contributed by atoms with Gasteiger partial charge in [-0.25, -0.2) is 4.79 Å². The van der Waals surface area contributed by atoms with Crippen LogP contribution in [0, 0.1) is 13.8 Å². The lowest BCUT2D eigenvalue weighted by atomic mass is 10.1. The molecule has 0 N–H and O–H groups in total. The topological polar surface area (TPSA) is 35.5 Å². The van der Waals surface area contributed by atoms with Gasteiger partial charge in [0.2, 0.25) is 0 Å². The first-order valence-electron chi connectivity index (χ1n) is 7.94. The zero-order valence-electron chi connectivity index (χ0n) is 13.1. The third-order valence-corrected chi connectivity index (χ3v) is 3.48.